The Morgan fingerprint density at radius 1 is 0.449 bits per heavy atom. The molecule has 3 nitrogen and oxygen atoms in total. The van der Waals surface area contributed by atoms with Gasteiger partial charge in [0.2, 0.25) is 0 Å². The van der Waals surface area contributed by atoms with Gasteiger partial charge in [-0.1, -0.05) is 94.7 Å². The van der Waals surface area contributed by atoms with Gasteiger partial charge < -0.3 is 23.7 Å². The summed E-state index contributed by atoms with van der Waals surface area (Å²) in [6.45, 7) is 47.8. The number of nitrogens with zero attached hydrogens (tertiary/aromatic N) is 1. The van der Waals surface area contributed by atoms with Crippen LogP contribution in [-0.4, -0.2) is 4.92 Å². The van der Waals surface area contributed by atoms with Crippen molar-refractivity contribution in [2.75, 3.05) is 0 Å². The Hall–Kier alpha value is 0.276. The van der Waals surface area contributed by atoms with Crippen molar-refractivity contribution in [3.05, 3.63) is 170 Å². The fourth-order valence-corrected chi connectivity index (χ4v) is 4.03. The molecule has 0 fully saturated rings. The number of benzene rings is 4. The van der Waals surface area contributed by atoms with Gasteiger partial charge in [0, 0.05) is 159 Å². The largest absolute Gasteiger partial charge is 0.323 e. The average molecular weight is 1270 g/mol. The fraction of sp³-hybridized carbons (Fsp3) is 0.500. The van der Waals surface area contributed by atoms with Crippen LogP contribution in [0.5, 0.6) is 0 Å². The van der Waals surface area contributed by atoms with E-state index >= 15 is 0 Å². The molecule has 0 saturated carbocycles. The maximum atomic E-state index is 13.1. The number of nitro benzene ring substituents is 1. The summed E-state index contributed by atoms with van der Waals surface area (Å²) in [5.41, 5.74) is 1.41. The van der Waals surface area contributed by atoms with Crippen LogP contribution >= 0.6 is 0 Å². The molecule has 4 radical (unpaired) electrons. The van der Waals surface area contributed by atoms with E-state index in [9.17, 15) is 36.5 Å². The summed E-state index contributed by atoms with van der Waals surface area (Å²) < 4.78 is 77.0. The van der Waals surface area contributed by atoms with Gasteiger partial charge in [0.05, 0.1) is 11.6 Å². The van der Waals surface area contributed by atoms with Crippen molar-refractivity contribution in [2.24, 2.45) is 0 Å². The molecule has 69 heavy (non-hydrogen) atoms. The maximum absolute atomic E-state index is 13.1. The van der Waals surface area contributed by atoms with Crippen molar-refractivity contribution < 1.29 is 162 Å². The molecule has 0 unspecified atom stereocenters. The minimum absolute atomic E-state index is 0. The number of hydrogen-bond acceptors (Lipinski definition) is 2. The van der Waals surface area contributed by atoms with Crippen molar-refractivity contribution in [3.8, 4) is 0 Å². The Morgan fingerprint density at radius 3 is 0.986 bits per heavy atom. The molecule has 0 aliphatic rings. The maximum Gasteiger partial charge on any atom is 0.162 e. The molecule has 0 aromatic heterocycles. The van der Waals surface area contributed by atoms with Crippen molar-refractivity contribution in [1.82, 2.24) is 0 Å². The number of non-ortho nitro benzene ring substituents is 1. The van der Waals surface area contributed by atoms with Gasteiger partial charge in [-0.2, -0.15) is 131 Å². The normalized spacial score (nSPS) is 10.3. The third kappa shape index (κ3) is 48.9. The molecule has 0 N–H and O–H groups in total. The summed E-state index contributed by atoms with van der Waals surface area (Å²) in [6, 6.07) is 24.6. The number of nitro groups is 1. The SMILES string of the molecule is CC(C)(C)c1c(F)c(F)[c-]c(F)c1F.CC(C)(C)c1cc(F)[c-]c(F)c1.CC(C)(C)c1cc[c-]c([N+](=O)[O-])c1.CC(C)(C)c1cc[c-]cc1.C[C-](C)C.C[C-](C)C.C[C-](C)C.C[C-](C)C.[Y].[Y].[Y].[Y]. The van der Waals surface area contributed by atoms with Gasteiger partial charge in [0.1, 0.15) is 0 Å². The summed E-state index contributed by atoms with van der Waals surface area (Å²) in [5, 5.41) is 10.5. The Kier molecular flexibility index (Phi) is 53.0. The number of halogens is 6. The van der Waals surface area contributed by atoms with Crippen LogP contribution in [0.25, 0.3) is 0 Å². The van der Waals surface area contributed by atoms with E-state index in [4.69, 9.17) is 0 Å². The van der Waals surface area contributed by atoms with Crippen LogP contribution < -0.4 is 0 Å². The summed E-state index contributed by atoms with van der Waals surface area (Å²) >= 11 is 0. The van der Waals surface area contributed by atoms with Crippen LogP contribution in [0, 0.1) is 93.0 Å². The van der Waals surface area contributed by atoms with E-state index in [1.54, 1.807) is 12.1 Å². The van der Waals surface area contributed by atoms with E-state index < -0.39 is 50.8 Å². The Morgan fingerprint density at radius 2 is 0.739 bits per heavy atom. The van der Waals surface area contributed by atoms with Crippen molar-refractivity contribution in [3.63, 3.8) is 0 Å². The van der Waals surface area contributed by atoms with Gasteiger partial charge in [-0.25, -0.2) is 17.6 Å². The third-order valence-electron chi connectivity index (χ3n) is 6.90. The molecule has 4 rings (SSSR count). The molecule has 0 amide bonds. The van der Waals surface area contributed by atoms with Gasteiger partial charge in [-0.05, 0) is 21.7 Å². The summed E-state index contributed by atoms with van der Waals surface area (Å²) in [5.74, 6) is -1.35. The Bertz CT molecular complexity index is 1820. The molecule has 0 bridgehead atoms. The molecule has 0 atom stereocenters. The number of hydrogen-bond donors (Lipinski definition) is 0. The Labute approximate surface area is 519 Å². The Balaban J connectivity index is -0.000000107. The van der Waals surface area contributed by atoms with Crippen molar-refractivity contribution in [1.29, 1.82) is 0 Å². The first-order valence-electron chi connectivity index (χ1n) is 21.4. The fourth-order valence-electron chi connectivity index (χ4n) is 4.03. The first kappa shape index (κ1) is 86.0. The predicted molar refractivity (Wildman–Crippen MR) is 263 cm³/mol. The third-order valence-corrected chi connectivity index (χ3v) is 6.90. The summed E-state index contributed by atoms with van der Waals surface area (Å²) in [6.07, 6.45) is 0. The second-order valence-electron chi connectivity index (χ2n) is 21.3. The van der Waals surface area contributed by atoms with E-state index in [2.05, 4.69) is 128 Å². The molecule has 4 aromatic rings. The zero-order valence-corrected chi connectivity index (χ0v) is 57.9. The number of rotatable bonds is 1. The van der Waals surface area contributed by atoms with E-state index in [1.807, 2.05) is 65.8 Å². The van der Waals surface area contributed by atoms with Gasteiger partial charge in [0.25, 0.3) is 0 Å². The quantitative estimate of drug-likeness (QED) is 0.0627. The van der Waals surface area contributed by atoms with Crippen molar-refractivity contribution in [2.45, 2.75) is 188 Å². The van der Waals surface area contributed by atoms with Crippen LogP contribution in [0.3, 0.4) is 0 Å². The second kappa shape index (κ2) is 42.5. The molecule has 0 saturated heterocycles. The molecule has 0 spiro atoms. The average Bonchev–Trinajstić information content (AvgIpc) is 3.09. The van der Waals surface area contributed by atoms with Crippen molar-refractivity contribution >= 4 is 5.69 Å². The second-order valence-corrected chi connectivity index (χ2v) is 21.3. The molecule has 0 heterocycles. The van der Waals surface area contributed by atoms with Crippen LogP contribution in [-0.2, 0) is 152 Å². The molecule has 4 aromatic carbocycles. The first-order chi connectivity index (χ1) is 29.1. The topological polar surface area (TPSA) is 43.1 Å². The smallest absolute Gasteiger partial charge is 0.162 e. The van der Waals surface area contributed by atoms with E-state index in [-0.39, 0.29) is 153 Å². The van der Waals surface area contributed by atoms with Gasteiger partial charge >= 0.3 is 0 Å². The molecule has 384 valence electrons. The monoisotopic (exact) mass is 1270 g/mol. The van der Waals surface area contributed by atoms with E-state index in [0.717, 1.165) is 5.56 Å². The zero-order valence-electron chi connectivity index (χ0n) is 46.5. The minimum Gasteiger partial charge on any atom is -0.323 e. The first-order valence-corrected chi connectivity index (χ1v) is 21.4. The van der Waals surface area contributed by atoms with Crippen LogP contribution in [0.4, 0.5) is 32.0 Å². The molecular weight excluding hydrogens is 1190 g/mol. The molecular formula is C56H81F6NO2Y4-8. The zero-order chi connectivity index (χ0) is 52.4. The van der Waals surface area contributed by atoms with E-state index in [1.165, 1.54) is 68.2 Å². The predicted octanol–water partition coefficient (Wildman–Crippen LogP) is 18.4. The van der Waals surface area contributed by atoms with Crippen LogP contribution in [0.15, 0.2) is 54.6 Å². The van der Waals surface area contributed by atoms with E-state index in [0.29, 0.717) is 5.56 Å². The summed E-state index contributed by atoms with van der Waals surface area (Å²) in [7, 11) is 0. The summed E-state index contributed by atoms with van der Waals surface area (Å²) in [4.78, 5) is 10.0. The van der Waals surface area contributed by atoms with Gasteiger partial charge in [-0.15, -0.1) is 41.5 Å². The molecule has 0 aliphatic heterocycles. The minimum atomic E-state index is -1.49. The van der Waals surface area contributed by atoms with Crippen LogP contribution in [0.2, 0.25) is 0 Å². The van der Waals surface area contributed by atoms with Gasteiger partial charge in [-0.3, -0.25) is 18.9 Å². The molecule has 13 heteroatoms. The van der Waals surface area contributed by atoms with Gasteiger partial charge in [0.15, 0.2) is 5.69 Å². The van der Waals surface area contributed by atoms with Crippen LogP contribution in [0.1, 0.15) is 188 Å². The molecule has 0 aliphatic carbocycles. The standard InChI is InChI=1S/C10H9F4.C10H11F2.C10H12NO2.C10H13.4C4H9.4Y/c1-10(2,3)7-8(13)5(11)4-6(12)9(7)14;1-10(2,3)7-4-8(11)6-9(12)5-7;1-10(2,3)8-5-4-6-9(7-8)11(12)13;1-10(2,3)9-7-5-4-6-8-9;4*1-4(2)3;;;;/h1-3H3;4-5H,1-3H3;4-5,7H,1-3H3;5-8H,1-3H3;4*1-3H3;;;;/q8*-1;;;;.